The van der Waals surface area contributed by atoms with Crippen LogP contribution in [-0.4, -0.2) is 14.8 Å². The second-order valence-electron chi connectivity index (χ2n) is 3.49. The van der Waals surface area contributed by atoms with Crippen LogP contribution in [-0.2, 0) is 6.54 Å². The van der Waals surface area contributed by atoms with Crippen LogP contribution in [0.25, 0.3) is 5.69 Å². The molecule has 0 fully saturated rings. The van der Waals surface area contributed by atoms with Gasteiger partial charge in [-0.1, -0.05) is 12.1 Å². The van der Waals surface area contributed by atoms with Crippen LogP contribution in [0.3, 0.4) is 0 Å². The molecule has 0 saturated heterocycles. The van der Waals surface area contributed by atoms with Gasteiger partial charge in [0.05, 0.1) is 5.69 Å². The first-order valence-electron chi connectivity index (χ1n) is 4.90. The Morgan fingerprint density at radius 1 is 1.20 bits per heavy atom. The van der Waals surface area contributed by atoms with Gasteiger partial charge < -0.3 is 5.73 Å². The number of benzene rings is 1. The first-order chi connectivity index (χ1) is 7.20. The molecule has 78 valence electrons. The van der Waals surface area contributed by atoms with Crippen molar-refractivity contribution < 1.29 is 0 Å². The van der Waals surface area contributed by atoms with Crippen molar-refractivity contribution in [2.45, 2.75) is 20.4 Å². The van der Waals surface area contributed by atoms with Gasteiger partial charge in [-0.3, -0.25) is 0 Å². The Balaban J connectivity index is 2.41. The molecular formula is C11H14N4. The van der Waals surface area contributed by atoms with Gasteiger partial charge >= 0.3 is 0 Å². The molecule has 0 unspecified atom stereocenters. The standard InChI is InChI=1S/C11H14N4/c1-8-13-9(2)15(14-8)11-5-3-10(7-12)4-6-11/h3-6H,7,12H2,1-2H3. The van der Waals surface area contributed by atoms with E-state index in [1.165, 1.54) is 0 Å². The maximum Gasteiger partial charge on any atom is 0.148 e. The Kier molecular flexibility index (Phi) is 2.51. The summed E-state index contributed by atoms with van der Waals surface area (Å²) in [5.41, 5.74) is 7.68. The average molecular weight is 202 g/mol. The van der Waals surface area contributed by atoms with Crippen molar-refractivity contribution in [1.29, 1.82) is 0 Å². The Labute approximate surface area is 88.8 Å². The van der Waals surface area contributed by atoms with Gasteiger partial charge in [0.2, 0.25) is 0 Å². The molecule has 15 heavy (non-hydrogen) atoms. The highest BCUT2D eigenvalue weighted by molar-refractivity contribution is 5.34. The highest BCUT2D eigenvalue weighted by Gasteiger charge is 2.04. The highest BCUT2D eigenvalue weighted by atomic mass is 15.3. The maximum atomic E-state index is 5.54. The molecule has 0 spiro atoms. The number of nitrogens with zero attached hydrogens (tertiary/aromatic N) is 3. The van der Waals surface area contributed by atoms with Gasteiger partial charge in [-0.05, 0) is 31.5 Å². The number of hydrogen-bond acceptors (Lipinski definition) is 3. The third kappa shape index (κ3) is 1.89. The van der Waals surface area contributed by atoms with E-state index < -0.39 is 0 Å². The lowest BCUT2D eigenvalue weighted by atomic mass is 10.2. The molecule has 0 radical (unpaired) electrons. The summed E-state index contributed by atoms with van der Waals surface area (Å²) in [5.74, 6) is 1.68. The molecule has 0 aliphatic heterocycles. The zero-order valence-electron chi connectivity index (χ0n) is 8.94. The molecule has 1 heterocycles. The van der Waals surface area contributed by atoms with Gasteiger partial charge in [0.15, 0.2) is 0 Å². The number of rotatable bonds is 2. The first-order valence-corrected chi connectivity index (χ1v) is 4.90. The van der Waals surface area contributed by atoms with Crippen LogP contribution in [0.15, 0.2) is 24.3 Å². The third-order valence-electron chi connectivity index (χ3n) is 2.29. The molecule has 0 aliphatic carbocycles. The Hall–Kier alpha value is -1.68. The van der Waals surface area contributed by atoms with Gasteiger partial charge in [-0.25, -0.2) is 9.67 Å². The molecular weight excluding hydrogens is 188 g/mol. The van der Waals surface area contributed by atoms with E-state index in [9.17, 15) is 0 Å². The van der Waals surface area contributed by atoms with Crippen LogP contribution in [0.5, 0.6) is 0 Å². The zero-order valence-corrected chi connectivity index (χ0v) is 8.94. The van der Waals surface area contributed by atoms with Crippen molar-refractivity contribution >= 4 is 0 Å². The van der Waals surface area contributed by atoms with E-state index >= 15 is 0 Å². The van der Waals surface area contributed by atoms with Crippen LogP contribution in [0.1, 0.15) is 17.2 Å². The smallest absolute Gasteiger partial charge is 0.148 e. The molecule has 1 aromatic carbocycles. The predicted octanol–water partition coefficient (Wildman–Crippen LogP) is 1.34. The van der Waals surface area contributed by atoms with E-state index in [2.05, 4.69) is 10.1 Å². The molecule has 0 aliphatic rings. The zero-order chi connectivity index (χ0) is 10.8. The number of aryl methyl sites for hydroxylation is 2. The SMILES string of the molecule is Cc1nc(C)n(-c2ccc(CN)cc2)n1. The van der Waals surface area contributed by atoms with E-state index in [1.807, 2.05) is 42.8 Å². The average Bonchev–Trinajstić information content (AvgIpc) is 2.58. The summed E-state index contributed by atoms with van der Waals surface area (Å²) >= 11 is 0. The molecule has 2 rings (SSSR count). The van der Waals surface area contributed by atoms with Gasteiger partial charge in [-0.2, -0.15) is 5.10 Å². The molecule has 0 atom stereocenters. The largest absolute Gasteiger partial charge is 0.326 e. The maximum absolute atomic E-state index is 5.54. The summed E-state index contributed by atoms with van der Waals surface area (Å²) in [4.78, 5) is 4.26. The van der Waals surface area contributed by atoms with Crippen molar-refractivity contribution in [2.75, 3.05) is 0 Å². The highest BCUT2D eigenvalue weighted by Crippen LogP contribution is 2.10. The van der Waals surface area contributed by atoms with E-state index in [4.69, 9.17) is 5.73 Å². The van der Waals surface area contributed by atoms with Crippen molar-refractivity contribution in [3.63, 3.8) is 0 Å². The molecule has 2 N–H and O–H groups in total. The Morgan fingerprint density at radius 2 is 1.87 bits per heavy atom. The first kappa shape index (κ1) is 9.86. The summed E-state index contributed by atoms with van der Waals surface area (Å²) < 4.78 is 1.83. The lowest BCUT2D eigenvalue weighted by molar-refractivity contribution is 0.830. The molecule has 0 saturated carbocycles. The second-order valence-corrected chi connectivity index (χ2v) is 3.49. The van der Waals surface area contributed by atoms with Gasteiger partial charge in [0, 0.05) is 6.54 Å². The van der Waals surface area contributed by atoms with E-state index in [0.717, 1.165) is 22.9 Å². The lowest BCUT2D eigenvalue weighted by Gasteiger charge is -2.03. The number of aromatic nitrogens is 3. The Morgan fingerprint density at radius 3 is 2.33 bits per heavy atom. The van der Waals surface area contributed by atoms with Crippen molar-refractivity contribution in [1.82, 2.24) is 14.8 Å². The third-order valence-corrected chi connectivity index (χ3v) is 2.29. The summed E-state index contributed by atoms with van der Waals surface area (Å²) in [6.07, 6.45) is 0. The monoisotopic (exact) mass is 202 g/mol. The fourth-order valence-electron chi connectivity index (χ4n) is 1.54. The molecule has 1 aromatic heterocycles. The summed E-state index contributed by atoms with van der Waals surface area (Å²) in [6, 6.07) is 8.02. The van der Waals surface area contributed by atoms with Gasteiger partial charge in [0.25, 0.3) is 0 Å². The topological polar surface area (TPSA) is 56.7 Å². The lowest BCUT2D eigenvalue weighted by Crippen LogP contribution is -2.01. The molecule has 0 amide bonds. The fraction of sp³-hybridized carbons (Fsp3) is 0.273. The number of hydrogen-bond donors (Lipinski definition) is 1. The van der Waals surface area contributed by atoms with Crippen molar-refractivity contribution in [3.8, 4) is 5.69 Å². The van der Waals surface area contributed by atoms with Crippen LogP contribution in [0.2, 0.25) is 0 Å². The summed E-state index contributed by atoms with van der Waals surface area (Å²) in [7, 11) is 0. The van der Waals surface area contributed by atoms with Gasteiger partial charge in [0.1, 0.15) is 11.6 Å². The normalized spacial score (nSPS) is 10.6. The minimum atomic E-state index is 0.565. The summed E-state index contributed by atoms with van der Waals surface area (Å²) in [5, 5.41) is 4.31. The van der Waals surface area contributed by atoms with Crippen molar-refractivity contribution in [3.05, 3.63) is 41.5 Å². The minimum Gasteiger partial charge on any atom is -0.326 e. The number of nitrogens with two attached hydrogens (primary N) is 1. The second kappa shape index (κ2) is 3.82. The Bertz CT molecular complexity index is 456. The quantitative estimate of drug-likeness (QED) is 0.799. The molecule has 4 nitrogen and oxygen atoms in total. The fourth-order valence-corrected chi connectivity index (χ4v) is 1.54. The predicted molar refractivity (Wildman–Crippen MR) is 58.7 cm³/mol. The molecule has 2 aromatic rings. The van der Waals surface area contributed by atoms with E-state index in [-0.39, 0.29) is 0 Å². The summed E-state index contributed by atoms with van der Waals surface area (Å²) in [6.45, 7) is 4.39. The van der Waals surface area contributed by atoms with Crippen LogP contribution in [0, 0.1) is 13.8 Å². The van der Waals surface area contributed by atoms with Crippen LogP contribution in [0.4, 0.5) is 0 Å². The molecule has 0 bridgehead atoms. The van der Waals surface area contributed by atoms with E-state index in [1.54, 1.807) is 0 Å². The minimum absolute atomic E-state index is 0.565. The van der Waals surface area contributed by atoms with Crippen LogP contribution >= 0.6 is 0 Å². The van der Waals surface area contributed by atoms with Crippen molar-refractivity contribution in [2.24, 2.45) is 5.73 Å². The molecule has 4 heteroatoms. The van der Waals surface area contributed by atoms with Crippen LogP contribution < -0.4 is 5.73 Å². The van der Waals surface area contributed by atoms with Gasteiger partial charge in [-0.15, -0.1) is 0 Å². The van der Waals surface area contributed by atoms with E-state index in [0.29, 0.717) is 6.54 Å².